The van der Waals surface area contributed by atoms with E-state index in [1.807, 2.05) is 54.7 Å². The Kier molecular flexibility index (Phi) is 6.27. The van der Waals surface area contributed by atoms with E-state index in [1.165, 1.54) is 11.3 Å². The zero-order chi connectivity index (χ0) is 23.5. The minimum absolute atomic E-state index is 0.000368. The van der Waals surface area contributed by atoms with Crippen LogP contribution in [-0.2, 0) is 22.4 Å². The summed E-state index contributed by atoms with van der Waals surface area (Å²) in [5, 5.41) is 13.5. The molecule has 1 atom stereocenters. The number of rotatable bonds is 8. The summed E-state index contributed by atoms with van der Waals surface area (Å²) in [4.78, 5) is 30.4. The van der Waals surface area contributed by atoms with E-state index < -0.39 is 5.92 Å². The first kappa shape index (κ1) is 22.1. The fourth-order valence-corrected chi connectivity index (χ4v) is 5.04. The molecule has 1 unspecified atom stereocenters. The van der Waals surface area contributed by atoms with Gasteiger partial charge in [-0.15, -0.1) is 10.2 Å². The number of H-pyrrole nitrogens is 1. The van der Waals surface area contributed by atoms with Gasteiger partial charge < -0.3 is 19.9 Å². The van der Waals surface area contributed by atoms with Gasteiger partial charge in [0.15, 0.2) is 0 Å². The number of nitrogens with one attached hydrogen (secondary N) is 2. The van der Waals surface area contributed by atoms with Gasteiger partial charge in [0, 0.05) is 43.0 Å². The lowest BCUT2D eigenvalue weighted by Gasteiger charge is -2.16. The van der Waals surface area contributed by atoms with Gasteiger partial charge in [0.1, 0.15) is 10.8 Å². The highest BCUT2D eigenvalue weighted by molar-refractivity contribution is 7.15. The van der Waals surface area contributed by atoms with Gasteiger partial charge in [0.25, 0.3) is 0 Å². The second-order valence-corrected chi connectivity index (χ2v) is 9.43. The summed E-state index contributed by atoms with van der Waals surface area (Å²) in [6.45, 7) is 0.971. The topological polar surface area (TPSA) is 100 Å². The Morgan fingerprint density at radius 2 is 2.09 bits per heavy atom. The molecule has 34 heavy (non-hydrogen) atoms. The van der Waals surface area contributed by atoms with Crippen LogP contribution in [-0.4, -0.2) is 52.1 Å². The lowest BCUT2D eigenvalue weighted by atomic mass is 10.1. The number of methoxy groups -OCH3 is 1. The molecule has 1 fully saturated rings. The zero-order valence-corrected chi connectivity index (χ0v) is 19.6. The quantitative estimate of drug-likeness (QED) is 0.405. The Bertz CT molecular complexity index is 1320. The fourth-order valence-electron chi connectivity index (χ4n) is 4.26. The number of fused-ring (bicyclic) bond motifs is 1. The molecule has 1 aliphatic heterocycles. The molecule has 8 nitrogen and oxygen atoms in total. The Labute approximate surface area is 201 Å². The number of amides is 2. The standard InChI is InChI=1S/C25H25N5O3S/c1-33-19-7-8-21-20(13-19)17(14-26-21)9-10-30-15-18(12-23(30)31)24(32)27-25-29-28-22(34-25)11-16-5-3-2-4-6-16/h2-8,13-14,18,26H,9-12,15H2,1H3,(H,27,29,32). The molecular formula is C25H25N5O3S. The maximum atomic E-state index is 12.8. The third-order valence-electron chi connectivity index (χ3n) is 6.11. The van der Waals surface area contributed by atoms with Gasteiger partial charge in [-0.3, -0.25) is 9.59 Å². The van der Waals surface area contributed by atoms with Crippen molar-refractivity contribution >= 4 is 39.2 Å². The van der Waals surface area contributed by atoms with Crippen LogP contribution in [0, 0.1) is 5.92 Å². The monoisotopic (exact) mass is 475 g/mol. The van der Waals surface area contributed by atoms with E-state index in [-0.39, 0.29) is 18.2 Å². The predicted octanol–water partition coefficient (Wildman–Crippen LogP) is 3.65. The molecular weight excluding hydrogens is 450 g/mol. The van der Waals surface area contributed by atoms with Gasteiger partial charge in [-0.2, -0.15) is 0 Å². The van der Waals surface area contributed by atoms with Crippen molar-refractivity contribution in [1.82, 2.24) is 20.1 Å². The molecule has 3 heterocycles. The maximum Gasteiger partial charge on any atom is 0.231 e. The SMILES string of the molecule is COc1ccc2[nH]cc(CCN3CC(C(=O)Nc4nnc(Cc5ccccc5)s4)CC3=O)c2c1. The van der Waals surface area contributed by atoms with Crippen LogP contribution in [0.25, 0.3) is 10.9 Å². The van der Waals surface area contributed by atoms with Crippen molar-refractivity contribution in [2.75, 3.05) is 25.5 Å². The summed E-state index contributed by atoms with van der Waals surface area (Å²) in [5.74, 6) is 0.220. The second-order valence-electron chi connectivity index (χ2n) is 8.37. The molecule has 5 rings (SSSR count). The Morgan fingerprint density at radius 1 is 1.24 bits per heavy atom. The van der Waals surface area contributed by atoms with Crippen LogP contribution in [0.4, 0.5) is 5.13 Å². The van der Waals surface area contributed by atoms with Crippen LogP contribution < -0.4 is 10.1 Å². The van der Waals surface area contributed by atoms with Crippen LogP contribution in [0.3, 0.4) is 0 Å². The Hall–Kier alpha value is -3.72. The average Bonchev–Trinajstić information content (AvgIpc) is 3.56. The van der Waals surface area contributed by atoms with Gasteiger partial charge >= 0.3 is 0 Å². The molecule has 2 aromatic heterocycles. The summed E-state index contributed by atoms with van der Waals surface area (Å²) >= 11 is 1.36. The number of carbonyl (C=O) groups excluding carboxylic acids is 2. The normalized spacial score (nSPS) is 15.7. The summed E-state index contributed by atoms with van der Waals surface area (Å²) in [6.07, 6.45) is 3.55. The zero-order valence-electron chi connectivity index (χ0n) is 18.8. The number of carbonyl (C=O) groups is 2. The van der Waals surface area contributed by atoms with E-state index in [1.54, 1.807) is 12.0 Å². The van der Waals surface area contributed by atoms with E-state index in [4.69, 9.17) is 4.74 Å². The van der Waals surface area contributed by atoms with E-state index in [9.17, 15) is 9.59 Å². The lowest BCUT2D eigenvalue weighted by Crippen LogP contribution is -2.30. The summed E-state index contributed by atoms with van der Waals surface area (Å²) in [5.41, 5.74) is 3.29. The first-order valence-corrected chi connectivity index (χ1v) is 12.0. The van der Waals surface area contributed by atoms with Crippen LogP contribution >= 0.6 is 11.3 Å². The molecule has 0 spiro atoms. The molecule has 4 aromatic rings. The largest absolute Gasteiger partial charge is 0.497 e. The summed E-state index contributed by atoms with van der Waals surface area (Å²) in [7, 11) is 1.65. The van der Waals surface area contributed by atoms with Crippen LogP contribution in [0.1, 0.15) is 22.6 Å². The average molecular weight is 476 g/mol. The number of nitrogens with zero attached hydrogens (tertiary/aromatic N) is 3. The Balaban J connectivity index is 1.16. The van der Waals surface area contributed by atoms with Gasteiger partial charge in [0.05, 0.1) is 13.0 Å². The van der Waals surface area contributed by atoms with Crippen molar-refractivity contribution < 1.29 is 14.3 Å². The molecule has 2 N–H and O–H groups in total. The molecule has 0 radical (unpaired) electrons. The van der Waals surface area contributed by atoms with E-state index in [0.717, 1.165) is 32.8 Å². The highest BCUT2D eigenvalue weighted by Gasteiger charge is 2.34. The van der Waals surface area contributed by atoms with Crippen LogP contribution in [0.5, 0.6) is 5.75 Å². The van der Waals surface area contributed by atoms with Crippen molar-refractivity contribution in [2.24, 2.45) is 5.92 Å². The second kappa shape index (κ2) is 9.64. The van der Waals surface area contributed by atoms with E-state index >= 15 is 0 Å². The lowest BCUT2D eigenvalue weighted by molar-refractivity contribution is -0.128. The Morgan fingerprint density at radius 3 is 2.91 bits per heavy atom. The molecule has 1 saturated heterocycles. The number of hydrogen-bond acceptors (Lipinski definition) is 6. The summed E-state index contributed by atoms with van der Waals surface area (Å²) in [6, 6.07) is 15.9. The van der Waals surface area contributed by atoms with Gasteiger partial charge in [-0.25, -0.2) is 0 Å². The molecule has 2 amide bonds. The van der Waals surface area contributed by atoms with E-state index in [0.29, 0.717) is 31.1 Å². The first-order chi connectivity index (χ1) is 16.6. The molecule has 0 bridgehead atoms. The maximum absolute atomic E-state index is 12.8. The minimum Gasteiger partial charge on any atom is -0.497 e. The number of aromatic nitrogens is 3. The molecule has 2 aromatic carbocycles. The van der Waals surface area contributed by atoms with Crippen LogP contribution in [0.15, 0.2) is 54.7 Å². The van der Waals surface area contributed by atoms with Crippen molar-refractivity contribution in [2.45, 2.75) is 19.3 Å². The number of likely N-dealkylation sites (tertiary alicyclic amines) is 1. The van der Waals surface area contributed by atoms with Crippen molar-refractivity contribution in [1.29, 1.82) is 0 Å². The van der Waals surface area contributed by atoms with Crippen LogP contribution in [0.2, 0.25) is 0 Å². The number of anilines is 1. The smallest absolute Gasteiger partial charge is 0.231 e. The summed E-state index contributed by atoms with van der Waals surface area (Å²) < 4.78 is 5.33. The molecule has 174 valence electrons. The molecule has 0 saturated carbocycles. The number of hydrogen-bond donors (Lipinski definition) is 2. The van der Waals surface area contributed by atoms with Gasteiger partial charge in [-0.05, 0) is 35.7 Å². The number of benzene rings is 2. The molecule has 1 aliphatic rings. The van der Waals surface area contributed by atoms with E-state index in [2.05, 4.69) is 20.5 Å². The molecule has 0 aliphatic carbocycles. The van der Waals surface area contributed by atoms with Crippen molar-refractivity contribution in [3.8, 4) is 5.75 Å². The predicted molar refractivity (Wildman–Crippen MR) is 131 cm³/mol. The minimum atomic E-state index is -0.392. The van der Waals surface area contributed by atoms with Gasteiger partial charge in [-0.1, -0.05) is 41.7 Å². The first-order valence-electron chi connectivity index (χ1n) is 11.2. The van der Waals surface area contributed by atoms with Crippen molar-refractivity contribution in [3.63, 3.8) is 0 Å². The molecule has 9 heteroatoms. The third kappa shape index (κ3) is 4.79. The fraction of sp³-hybridized carbons (Fsp3) is 0.280. The van der Waals surface area contributed by atoms with Crippen molar-refractivity contribution in [3.05, 3.63) is 70.9 Å². The third-order valence-corrected chi connectivity index (χ3v) is 6.94. The number of ether oxygens (including phenoxy) is 1. The number of aromatic amines is 1. The van der Waals surface area contributed by atoms with Gasteiger partial charge in [0.2, 0.25) is 16.9 Å². The highest BCUT2D eigenvalue weighted by Crippen LogP contribution is 2.26. The highest BCUT2D eigenvalue weighted by atomic mass is 32.1.